The van der Waals surface area contributed by atoms with Crippen LogP contribution in [0, 0.1) is 0 Å². The predicted octanol–water partition coefficient (Wildman–Crippen LogP) is 3.19. The number of halogens is 1. The molecule has 1 saturated heterocycles. The van der Waals surface area contributed by atoms with Gasteiger partial charge in [-0.2, -0.15) is 0 Å². The third-order valence-corrected chi connectivity index (χ3v) is 4.29. The largest absolute Gasteiger partial charge is 0.466 e. The molecule has 2 heterocycles. The van der Waals surface area contributed by atoms with E-state index in [1.165, 1.54) is 6.42 Å². The quantitative estimate of drug-likeness (QED) is 0.824. The van der Waals surface area contributed by atoms with Crippen molar-refractivity contribution in [1.29, 1.82) is 0 Å². The van der Waals surface area contributed by atoms with Crippen LogP contribution in [-0.4, -0.2) is 43.8 Å². The molecule has 1 aliphatic rings. The Morgan fingerprint density at radius 3 is 2.95 bits per heavy atom. The molecule has 0 bridgehead atoms. The highest BCUT2D eigenvalue weighted by Gasteiger charge is 2.31. The van der Waals surface area contributed by atoms with Gasteiger partial charge < -0.3 is 14.5 Å². The number of nitrogens with zero attached hydrogens (tertiary/aromatic N) is 1. The van der Waals surface area contributed by atoms with Gasteiger partial charge in [-0.15, -0.1) is 0 Å². The van der Waals surface area contributed by atoms with Crippen LogP contribution in [0.5, 0.6) is 0 Å². The van der Waals surface area contributed by atoms with Gasteiger partial charge >= 0.3 is 0 Å². The molecule has 2 unspecified atom stereocenters. The average Bonchev–Trinajstić information content (AvgIpc) is 2.87. The fourth-order valence-corrected chi connectivity index (χ4v) is 3.12. The van der Waals surface area contributed by atoms with Crippen LogP contribution in [0.15, 0.2) is 21.2 Å². The lowest BCUT2D eigenvalue weighted by molar-refractivity contribution is -0.0503. The number of rotatable bonds is 7. The predicted molar refractivity (Wildman–Crippen MR) is 83.9 cm³/mol. The lowest BCUT2D eigenvalue weighted by Crippen LogP contribution is -2.48. The average molecular weight is 345 g/mol. The van der Waals surface area contributed by atoms with E-state index in [0.717, 1.165) is 49.4 Å². The third kappa shape index (κ3) is 4.07. The lowest BCUT2D eigenvalue weighted by atomic mass is 10.1. The van der Waals surface area contributed by atoms with Crippen LogP contribution >= 0.6 is 15.9 Å². The number of hydrogen-bond acceptors (Lipinski definition) is 4. The minimum atomic E-state index is 0.110. The molecule has 2 atom stereocenters. The van der Waals surface area contributed by atoms with Crippen molar-refractivity contribution in [3.63, 3.8) is 0 Å². The van der Waals surface area contributed by atoms with Gasteiger partial charge in [0.1, 0.15) is 5.76 Å². The zero-order chi connectivity index (χ0) is 14.4. The summed E-state index contributed by atoms with van der Waals surface area (Å²) in [5.74, 6) is 0.946. The SMILES string of the molecule is CCCNC(c1occc1Br)C1CN(CCC)CCO1. The van der Waals surface area contributed by atoms with Gasteiger partial charge in [-0.05, 0) is 47.9 Å². The molecule has 0 radical (unpaired) electrons. The molecule has 5 heteroatoms. The van der Waals surface area contributed by atoms with Gasteiger partial charge in [0.15, 0.2) is 0 Å². The van der Waals surface area contributed by atoms with Crippen LogP contribution in [0.1, 0.15) is 38.5 Å². The van der Waals surface area contributed by atoms with E-state index in [0.29, 0.717) is 0 Å². The first-order valence-electron chi connectivity index (χ1n) is 7.56. The summed E-state index contributed by atoms with van der Waals surface area (Å²) in [5, 5.41) is 3.57. The second-order valence-corrected chi connectivity index (χ2v) is 6.13. The van der Waals surface area contributed by atoms with E-state index in [1.54, 1.807) is 6.26 Å². The molecule has 1 N–H and O–H groups in total. The van der Waals surface area contributed by atoms with Crippen molar-refractivity contribution in [3.05, 3.63) is 22.6 Å². The maximum Gasteiger partial charge on any atom is 0.137 e. The molecule has 0 spiro atoms. The Morgan fingerprint density at radius 2 is 2.30 bits per heavy atom. The highest BCUT2D eigenvalue weighted by molar-refractivity contribution is 9.10. The van der Waals surface area contributed by atoms with Gasteiger partial charge in [0.05, 0.1) is 29.5 Å². The van der Waals surface area contributed by atoms with Crippen molar-refractivity contribution >= 4 is 15.9 Å². The zero-order valence-corrected chi connectivity index (χ0v) is 14.0. The summed E-state index contributed by atoms with van der Waals surface area (Å²) < 4.78 is 12.7. The second kappa shape index (κ2) is 8.17. The molecule has 0 amide bonds. The van der Waals surface area contributed by atoms with Crippen molar-refractivity contribution < 1.29 is 9.15 Å². The zero-order valence-electron chi connectivity index (χ0n) is 12.4. The summed E-state index contributed by atoms with van der Waals surface area (Å²) in [6.45, 7) is 9.29. The molecule has 20 heavy (non-hydrogen) atoms. The lowest BCUT2D eigenvalue weighted by Gasteiger charge is -2.36. The van der Waals surface area contributed by atoms with E-state index in [4.69, 9.17) is 9.15 Å². The molecule has 4 nitrogen and oxygen atoms in total. The molecule has 1 aromatic rings. The van der Waals surface area contributed by atoms with E-state index >= 15 is 0 Å². The van der Waals surface area contributed by atoms with Gasteiger partial charge in [-0.3, -0.25) is 4.90 Å². The molecule has 1 aromatic heterocycles. The molecular weight excluding hydrogens is 320 g/mol. The Balaban J connectivity index is 2.07. The van der Waals surface area contributed by atoms with Gasteiger partial charge in [-0.25, -0.2) is 0 Å². The fourth-order valence-electron chi connectivity index (χ4n) is 2.67. The topological polar surface area (TPSA) is 37.6 Å². The highest BCUT2D eigenvalue weighted by Crippen LogP contribution is 2.29. The van der Waals surface area contributed by atoms with Crippen LogP contribution in [0.3, 0.4) is 0 Å². The van der Waals surface area contributed by atoms with Crippen molar-refractivity contribution in [2.75, 3.05) is 32.8 Å². The van der Waals surface area contributed by atoms with Crippen molar-refractivity contribution in [3.8, 4) is 0 Å². The Hall–Kier alpha value is -0.360. The summed E-state index contributed by atoms with van der Waals surface area (Å²) in [4.78, 5) is 2.48. The van der Waals surface area contributed by atoms with Crippen LogP contribution in [0.4, 0.5) is 0 Å². The van der Waals surface area contributed by atoms with E-state index < -0.39 is 0 Å². The fraction of sp³-hybridized carbons (Fsp3) is 0.733. The normalized spacial score (nSPS) is 22.1. The Morgan fingerprint density at radius 1 is 1.45 bits per heavy atom. The minimum Gasteiger partial charge on any atom is -0.466 e. The number of hydrogen-bond donors (Lipinski definition) is 1. The first kappa shape index (κ1) is 16.0. The molecule has 1 aliphatic heterocycles. The number of ether oxygens (including phenoxy) is 1. The Labute approximate surface area is 130 Å². The van der Waals surface area contributed by atoms with Gasteiger partial charge in [0.2, 0.25) is 0 Å². The van der Waals surface area contributed by atoms with Gasteiger partial charge in [-0.1, -0.05) is 13.8 Å². The monoisotopic (exact) mass is 344 g/mol. The Bertz CT molecular complexity index is 395. The molecule has 0 aromatic carbocycles. The standard InChI is InChI=1S/C15H25BrN2O2/c1-3-6-17-14(15-12(16)5-9-20-15)13-11-18(7-4-2)8-10-19-13/h5,9,13-14,17H,3-4,6-8,10-11H2,1-2H3. The van der Waals surface area contributed by atoms with E-state index in [-0.39, 0.29) is 12.1 Å². The van der Waals surface area contributed by atoms with Gasteiger partial charge in [0.25, 0.3) is 0 Å². The van der Waals surface area contributed by atoms with Gasteiger partial charge in [0, 0.05) is 13.1 Å². The summed E-state index contributed by atoms with van der Waals surface area (Å²) in [5.41, 5.74) is 0. The van der Waals surface area contributed by atoms with Crippen LogP contribution in [0.2, 0.25) is 0 Å². The van der Waals surface area contributed by atoms with Crippen LogP contribution in [-0.2, 0) is 4.74 Å². The third-order valence-electron chi connectivity index (χ3n) is 3.63. The molecule has 0 aliphatic carbocycles. The number of furan rings is 1. The van der Waals surface area contributed by atoms with E-state index in [1.807, 2.05) is 6.07 Å². The summed E-state index contributed by atoms with van der Waals surface area (Å²) >= 11 is 3.57. The van der Waals surface area contributed by atoms with Crippen molar-refractivity contribution in [1.82, 2.24) is 10.2 Å². The Kier molecular flexibility index (Phi) is 6.55. The maximum absolute atomic E-state index is 6.01. The molecule has 0 saturated carbocycles. The van der Waals surface area contributed by atoms with Crippen LogP contribution < -0.4 is 5.32 Å². The number of morpholine rings is 1. The highest BCUT2D eigenvalue weighted by atomic mass is 79.9. The van der Waals surface area contributed by atoms with Crippen molar-refractivity contribution in [2.45, 2.75) is 38.8 Å². The first-order valence-corrected chi connectivity index (χ1v) is 8.35. The first-order chi connectivity index (χ1) is 9.76. The van der Waals surface area contributed by atoms with Crippen molar-refractivity contribution in [2.24, 2.45) is 0 Å². The minimum absolute atomic E-state index is 0.110. The molecular formula is C15H25BrN2O2. The maximum atomic E-state index is 6.01. The molecule has 114 valence electrons. The molecule has 1 fully saturated rings. The summed E-state index contributed by atoms with van der Waals surface area (Å²) in [6, 6.07) is 2.06. The molecule has 2 rings (SSSR count). The van der Waals surface area contributed by atoms with Crippen LogP contribution in [0.25, 0.3) is 0 Å². The summed E-state index contributed by atoms with van der Waals surface area (Å²) in [6.07, 6.45) is 4.15. The number of nitrogens with one attached hydrogen (secondary N) is 1. The smallest absolute Gasteiger partial charge is 0.137 e. The van der Waals surface area contributed by atoms with E-state index in [9.17, 15) is 0 Å². The van der Waals surface area contributed by atoms with E-state index in [2.05, 4.69) is 40.0 Å². The second-order valence-electron chi connectivity index (χ2n) is 5.27. The summed E-state index contributed by atoms with van der Waals surface area (Å²) in [7, 11) is 0.